The zero-order valence-electron chi connectivity index (χ0n) is 10.2. The maximum Gasteiger partial charge on any atom is 0.357 e. The van der Waals surface area contributed by atoms with Crippen molar-refractivity contribution in [1.82, 2.24) is 9.55 Å². The van der Waals surface area contributed by atoms with Crippen LogP contribution in [0.5, 0.6) is 0 Å². The van der Waals surface area contributed by atoms with Gasteiger partial charge in [0.25, 0.3) is 0 Å². The Hall–Kier alpha value is -2.36. The topological polar surface area (TPSA) is 44.1 Å². The summed E-state index contributed by atoms with van der Waals surface area (Å²) in [5.74, 6) is -0.403. The molecule has 0 aliphatic heterocycles. The van der Waals surface area contributed by atoms with Gasteiger partial charge in [-0.25, -0.2) is 9.78 Å². The third-order valence-electron chi connectivity index (χ3n) is 2.33. The molecule has 0 saturated heterocycles. The van der Waals surface area contributed by atoms with E-state index in [1.54, 1.807) is 10.9 Å². The number of aromatic nitrogens is 2. The lowest BCUT2D eigenvalue weighted by molar-refractivity contribution is 0.0531. The van der Waals surface area contributed by atoms with Crippen LogP contribution in [0.4, 0.5) is 0 Å². The normalized spacial score (nSPS) is 10.1. The molecular formula is C14H14N2O2. The Balaban J connectivity index is 2.23. The largest absolute Gasteiger partial charge is 0.456 e. The van der Waals surface area contributed by atoms with Gasteiger partial charge < -0.3 is 4.74 Å². The Morgan fingerprint density at radius 3 is 2.78 bits per heavy atom. The lowest BCUT2D eigenvalue weighted by Gasteiger charge is -2.08. The van der Waals surface area contributed by atoms with Crippen molar-refractivity contribution in [3.05, 3.63) is 60.7 Å². The van der Waals surface area contributed by atoms with Crippen molar-refractivity contribution in [2.24, 2.45) is 0 Å². The Morgan fingerprint density at radius 1 is 1.39 bits per heavy atom. The van der Waals surface area contributed by atoms with Crippen LogP contribution in [0.15, 0.2) is 55.0 Å². The molecule has 0 radical (unpaired) electrons. The third kappa shape index (κ3) is 2.66. The highest BCUT2D eigenvalue weighted by Gasteiger charge is 2.14. The number of ether oxygens (including phenoxy) is 1. The summed E-state index contributed by atoms with van der Waals surface area (Å²) in [5.41, 5.74) is 2.08. The Bertz CT molecular complexity index is 558. The van der Waals surface area contributed by atoms with E-state index in [4.69, 9.17) is 4.74 Å². The minimum Gasteiger partial charge on any atom is -0.456 e. The van der Waals surface area contributed by atoms with Gasteiger partial charge in [0.15, 0.2) is 5.69 Å². The molecule has 0 amide bonds. The number of rotatable bonds is 4. The van der Waals surface area contributed by atoms with E-state index < -0.39 is 5.97 Å². The number of carbonyl (C=O) groups is 1. The van der Waals surface area contributed by atoms with Crippen LogP contribution in [0.1, 0.15) is 17.4 Å². The van der Waals surface area contributed by atoms with Crippen LogP contribution in [0.3, 0.4) is 0 Å². The molecule has 0 bridgehead atoms. The van der Waals surface area contributed by atoms with Crippen molar-refractivity contribution in [3.8, 4) is 5.69 Å². The number of benzene rings is 1. The van der Waals surface area contributed by atoms with E-state index in [1.807, 2.05) is 37.3 Å². The average Bonchev–Trinajstić information content (AvgIpc) is 2.86. The minimum absolute atomic E-state index is 0.221. The first-order valence-corrected chi connectivity index (χ1v) is 5.58. The Kier molecular flexibility index (Phi) is 3.57. The summed E-state index contributed by atoms with van der Waals surface area (Å²) >= 11 is 0. The third-order valence-corrected chi connectivity index (χ3v) is 2.33. The fraction of sp³-hybridized carbons (Fsp3) is 0.143. The summed E-state index contributed by atoms with van der Waals surface area (Å²) in [6, 6.07) is 9.52. The Labute approximate surface area is 106 Å². The van der Waals surface area contributed by atoms with Crippen LogP contribution in [-0.2, 0) is 4.74 Å². The number of para-hydroxylation sites is 1. The minimum atomic E-state index is -0.403. The second kappa shape index (κ2) is 5.31. The van der Waals surface area contributed by atoms with Crippen LogP contribution < -0.4 is 0 Å². The van der Waals surface area contributed by atoms with E-state index in [0.29, 0.717) is 5.69 Å². The van der Waals surface area contributed by atoms with Crippen LogP contribution in [0.2, 0.25) is 0 Å². The first-order valence-electron chi connectivity index (χ1n) is 5.58. The molecule has 2 rings (SSSR count). The van der Waals surface area contributed by atoms with Crippen LogP contribution in [0.25, 0.3) is 5.69 Å². The van der Waals surface area contributed by atoms with Crippen molar-refractivity contribution in [1.29, 1.82) is 0 Å². The maximum atomic E-state index is 11.9. The quantitative estimate of drug-likeness (QED) is 0.611. The zero-order chi connectivity index (χ0) is 13.0. The number of hydrogen-bond acceptors (Lipinski definition) is 3. The molecule has 1 aromatic heterocycles. The van der Waals surface area contributed by atoms with Crippen molar-refractivity contribution >= 4 is 5.97 Å². The number of esters is 1. The summed E-state index contributed by atoms with van der Waals surface area (Å²) < 4.78 is 6.81. The van der Waals surface area contributed by atoms with Gasteiger partial charge in [-0.1, -0.05) is 24.8 Å². The predicted octanol–water partition coefficient (Wildman–Crippen LogP) is 2.61. The number of nitrogens with zero attached hydrogens (tertiary/aromatic N) is 2. The van der Waals surface area contributed by atoms with Gasteiger partial charge in [-0.15, -0.1) is 0 Å². The van der Waals surface area contributed by atoms with Crippen LogP contribution >= 0.6 is 0 Å². The fourth-order valence-electron chi connectivity index (χ4n) is 1.50. The average molecular weight is 242 g/mol. The van der Waals surface area contributed by atoms with Gasteiger partial charge in [0.05, 0.1) is 12.5 Å². The van der Waals surface area contributed by atoms with Crippen molar-refractivity contribution in [2.75, 3.05) is 6.61 Å². The van der Waals surface area contributed by atoms with E-state index in [-0.39, 0.29) is 6.61 Å². The second-order valence-electron chi connectivity index (χ2n) is 4.02. The summed E-state index contributed by atoms with van der Waals surface area (Å²) in [7, 11) is 0. The number of hydrogen-bond donors (Lipinski definition) is 0. The summed E-state index contributed by atoms with van der Waals surface area (Å²) in [6.07, 6.45) is 3.08. The highest BCUT2D eigenvalue weighted by Crippen LogP contribution is 2.11. The highest BCUT2D eigenvalue weighted by molar-refractivity contribution is 5.88. The molecule has 2 aromatic rings. The van der Waals surface area contributed by atoms with Gasteiger partial charge in [-0.2, -0.15) is 0 Å². The van der Waals surface area contributed by atoms with Crippen LogP contribution in [0, 0.1) is 0 Å². The molecule has 92 valence electrons. The van der Waals surface area contributed by atoms with E-state index in [9.17, 15) is 4.79 Å². The van der Waals surface area contributed by atoms with Gasteiger partial charge in [0.1, 0.15) is 6.61 Å². The molecule has 0 unspecified atom stereocenters. The number of carbonyl (C=O) groups excluding carboxylic acids is 1. The highest BCUT2D eigenvalue weighted by atomic mass is 16.5. The van der Waals surface area contributed by atoms with E-state index in [1.165, 1.54) is 6.20 Å². The Morgan fingerprint density at radius 2 is 2.11 bits per heavy atom. The standard InChI is InChI=1S/C14H14N2O2/c1-11(2)9-18-14(17)13-8-15-10-16(13)12-6-4-3-5-7-12/h3-8,10H,1,9H2,2H3. The molecule has 0 saturated carbocycles. The molecule has 0 N–H and O–H groups in total. The van der Waals surface area contributed by atoms with Gasteiger partial charge >= 0.3 is 5.97 Å². The SMILES string of the molecule is C=C(C)COC(=O)c1cncn1-c1ccccc1. The first-order chi connectivity index (χ1) is 8.68. The van der Waals surface area contributed by atoms with Gasteiger partial charge in [0, 0.05) is 5.69 Å². The summed E-state index contributed by atoms with van der Waals surface area (Å²) in [4.78, 5) is 15.9. The lowest BCUT2D eigenvalue weighted by Crippen LogP contribution is -2.11. The fourth-order valence-corrected chi connectivity index (χ4v) is 1.50. The number of imidazole rings is 1. The molecule has 0 aliphatic carbocycles. The first kappa shape index (κ1) is 12.1. The molecule has 0 fully saturated rings. The molecule has 4 nitrogen and oxygen atoms in total. The molecule has 0 aliphatic rings. The lowest BCUT2D eigenvalue weighted by atomic mass is 10.3. The van der Waals surface area contributed by atoms with Gasteiger partial charge in [-0.3, -0.25) is 4.57 Å². The van der Waals surface area contributed by atoms with Gasteiger partial charge in [-0.05, 0) is 24.6 Å². The molecule has 1 aromatic carbocycles. The monoisotopic (exact) mass is 242 g/mol. The molecular weight excluding hydrogens is 228 g/mol. The predicted molar refractivity (Wildman–Crippen MR) is 68.7 cm³/mol. The van der Waals surface area contributed by atoms with Gasteiger partial charge in [0.2, 0.25) is 0 Å². The van der Waals surface area contributed by atoms with Crippen molar-refractivity contribution in [3.63, 3.8) is 0 Å². The van der Waals surface area contributed by atoms with E-state index in [2.05, 4.69) is 11.6 Å². The summed E-state index contributed by atoms with van der Waals surface area (Å²) in [5, 5.41) is 0. The van der Waals surface area contributed by atoms with Crippen molar-refractivity contribution in [2.45, 2.75) is 6.92 Å². The van der Waals surface area contributed by atoms with Crippen LogP contribution in [-0.4, -0.2) is 22.1 Å². The maximum absolute atomic E-state index is 11.9. The molecule has 0 atom stereocenters. The van der Waals surface area contributed by atoms with Crippen molar-refractivity contribution < 1.29 is 9.53 Å². The molecule has 4 heteroatoms. The molecule has 18 heavy (non-hydrogen) atoms. The van der Waals surface area contributed by atoms with E-state index in [0.717, 1.165) is 11.3 Å². The zero-order valence-corrected chi connectivity index (χ0v) is 10.2. The van der Waals surface area contributed by atoms with E-state index >= 15 is 0 Å². The molecule has 1 heterocycles. The molecule has 0 spiro atoms. The summed E-state index contributed by atoms with van der Waals surface area (Å²) in [6.45, 7) is 5.72. The smallest absolute Gasteiger partial charge is 0.357 e. The second-order valence-corrected chi connectivity index (χ2v) is 4.02.